The van der Waals surface area contributed by atoms with Gasteiger partial charge < -0.3 is 10.1 Å². The van der Waals surface area contributed by atoms with Crippen LogP contribution in [0.3, 0.4) is 0 Å². The summed E-state index contributed by atoms with van der Waals surface area (Å²) in [7, 11) is 0. The molecule has 1 aromatic carbocycles. The predicted octanol–water partition coefficient (Wildman–Crippen LogP) is 3.63. The van der Waals surface area contributed by atoms with E-state index in [0.29, 0.717) is 0 Å². The van der Waals surface area contributed by atoms with Gasteiger partial charge in [-0.2, -0.15) is 0 Å². The topological polar surface area (TPSA) is 69.0 Å². The van der Waals surface area contributed by atoms with Crippen molar-refractivity contribution in [3.63, 3.8) is 0 Å². The second-order valence-corrected chi connectivity index (χ2v) is 7.15. The van der Waals surface area contributed by atoms with Crippen molar-refractivity contribution in [2.75, 3.05) is 11.9 Å². The molecule has 2 heterocycles. The van der Waals surface area contributed by atoms with E-state index in [1.807, 2.05) is 51.2 Å². The van der Waals surface area contributed by atoms with Crippen LogP contribution in [0, 0.1) is 5.41 Å². The van der Waals surface area contributed by atoms with Gasteiger partial charge in [-0.05, 0) is 25.3 Å². The lowest BCUT2D eigenvalue weighted by Crippen LogP contribution is -2.27. The second kappa shape index (κ2) is 6.73. The number of para-hydroxylation sites is 1. The van der Waals surface area contributed by atoms with E-state index in [4.69, 9.17) is 4.74 Å². The number of carbonyl (C=O) groups is 1. The summed E-state index contributed by atoms with van der Waals surface area (Å²) in [6, 6.07) is 7.65. The van der Waals surface area contributed by atoms with Gasteiger partial charge in [0.2, 0.25) is 5.91 Å². The van der Waals surface area contributed by atoms with E-state index in [9.17, 15) is 4.79 Å². The van der Waals surface area contributed by atoms with Crippen LogP contribution in [0.1, 0.15) is 46.3 Å². The fraction of sp³-hybridized carbons (Fsp3) is 0.500. The van der Waals surface area contributed by atoms with E-state index in [1.54, 1.807) is 4.68 Å². The number of rotatable bonds is 3. The number of hydrogen-bond acceptors (Lipinski definition) is 4. The average molecular weight is 328 g/mol. The fourth-order valence-electron chi connectivity index (χ4n) is 2.60. The molecule has 3 rings (SSSR count). The SMILES string of the molecule is CC(C)(C)C(=O)Nc1ccccc1-c1cn([C@@H]2CCCCO2)nn1. The van der Waals surface area contributed by atoms with Gasteiger partial charge in [0.05, 0.1) is 11.9 Å². The van der Waals surface area contributed by atoms with Gasteiger partial charge in [0, 0.05) is 17.6 Å². The molecule has 128 valence electrons. The molecule has 0 unspecified atom stereocenters. The quantitative estimate of drug-likeness (QED) is 0.934. The molecule has 1 amide bonds. The lowest BCUT2D eigenvalue weighted by atomic mass is 9.95. The molecule has 1 fully saturated rings. The summed E-state index contributed by atoms with van der Waals surface area (Å²) in [5, 5.41) is 11.5. The maximum Gasteiger partial charge on any atom is 0.229 e. The Labute approximate surface area is 142 Å². The summed E-state index contributed by atoms with van der Waals surface area (Å²) in [4.78, 5) is 12.3. The number of carbonyl (C=O) groups excluding carboxylic acids is 1. The second-order valence-electron chi connectivity index (χ2n) is 7.15. The lowest BCUT2D eigenvalue weighted by Gasteiger charge is -2.21. The Bertz CT molecular complexity index is 712. The molecule has 1 aliphatic rings. The zero-order chi connectivity index (χ0) is 17.2. The van der Waals surface area contributed by atoms with E-state index < -0.39 is 5.41 Å². The van der Waals surface area contributed by atoms with Gasteiger partial charge in [-0.25, -0.2) is 4.68 Å². The van der Waals surface area contributed by atoms with Crippen LogP contribution in [0.25, 0.3) is 11.3 Å². The van der Waals surface area contributed by atoms with Crippen LogP contribution < -0.4 is 5.32 Å². The Morgan fingerprint density at radius 1 is 1.29 bits per heavy atom. The van der Waals surface area contributed by atoms with Crippen molar-refractivity contribution in [1.82, 2.24) is 15.0 Å². The van der Waals surface area contributed by atoms with Crippen molar-refractivity contribution in [2.45, 2.75) is 46.3 Å². The minimum Gasteiger partial charge on any atom is -0.356 e. The molecule has 2 aromatic rings. The van der Waals surface area contributed by atoms with Crippen LogP contribution in [0.2, 0.25) is 0 Å². The van der Waals surface area contributed by atoms with E-state index >= 15 is 0 Å². The Morgan fingerprint density at radius 3 is 2.79 bits per heavy atom. The Kier molecular flexibility index (Phi) is 4.66. The number of hydrogen-bond donors (Lipinski definition) is 1. The molecule has 1 aliphatic heterocycles. The standard InChI is InChI=1S/C18H24N4O2/c1-18(2,3)17(23)19-14-9-5-4-8-13(14)15-12-22(21-20-15)16-10-6-7-11-24-16/h4-5,8-9,12,16H,6-7,10-11H2,1-3H3,(H,19,23)/t16-/m0/s1. The summed E-state index contributed by atoms with van der Waals surface area (Å²) in [5.74, 6) is -0.0297. The molecule has 6 heteroatoms. The maximum atomic E-state index is 12.3. The number of anilines is 1. The molecule has 1 aromatic heterocycles. The first kappa shape index (κ1) is 16.6. The van der Waals surface area contributed by atoms with E-state index in [0.717, 1.165) is 42.8 Å². The third-order valence-corrected chi connectivity index (χ3v) is 4.09. The van der Waals surface area contributed by atoms with Gasteiger partial charge >= 0.3 is 0 Å². The van der Waals surface area contributed by atoms with E-state index in [2.05, 4.69) is 15.6 Å². The number of nitrogens with one attached hydrogen (secondary N) is 1. The number of aromatic nitrogens is 3. The summed E-state index contributed by atoms with van der Waals surface area (Å²) < 4.78 is 7.52. The van der Waals surface area contributed by atoms with Crippen molar-refractivity contribution in [3.8, 4) is 11.3 Å². The number of amides is 1. The van der Waals surface area contributed by atoms with Crippen LogP contribution >= 0.6 is 0 Å². The molecular weight excluding hydrogens is 304 g/mol. The fourth-order valence-corrected chi connectivity index (χ4v) is 2.60. The number of ether oxygens (including phenoxy) is 1. The highest BCUT2D eigenvalue weighted by molar-refractivity contribution is 5.97. The van der Waals surface area contributed by atoms with Crippen molar-refractivity contribution in [1.29, 1.82) is 0 Å². The molecule has 1 saturated heterocycles. The molecule has 0 radical (unpaired) electrons. The van der Waals surface area contributed by atoms with Gasteiger partial charge in [0.1, 0.15) is 5.69 Å². The monoisotopic (exact) mass is 328 g/mol. The highest BCUT2D eigenvalue weighted by atomic mass is 16.5. The maximum absolute atomic E-state index is 12.3. The molecule has 1 atom stereocenters. The van der Waals surface area contributed by atoms with Crippen molar-refractivity contribution in [3.05, 3.63) is 30.5 Å². The van der Waals surface area contributed by atoms with Gasteiger partial charge in [-0.1, -0.05) is 44.2 Å². The van der Waals surface area contributed by atoms with Crippen molar-refractivity contribution < 1.29 is 9.53 Å². The first-order valence-electron chi connectivity index (χ1n) is 8.39. The van der Waals surface area contributed by atoms with Crippen LogP contribution in [-0.2, 0) is 9.53 Å². The summed E-state index contributed by atoms with van der Waals surface area (Å²) >= 11 is 0. The molecule has 0 bridgehead atoms. The van der Waals surface area contributed by atoms with Crippen molar-refractivity contribution >= 4 is 11.6 Å². The first-order chi connectivity index (χ1) is 11.4. The number of benzene rings is 1. The smallest absolute Gasteiger partial charge is 0.229 e. The van der Waals surface area contributed by atoms with Crippen LogP contribution in [0.4, 0.5) is 5.69 Å². The molecular formula is C18H24N4O2. The van der Waals surface area contributed by atoms with Crippen LogP contribution in [0.15, 0.2) is 30.5 Å². The largest absolute Gasteiger partial charge is 0.356 e. The van der Waals surface area contributed by atoms with Crippen LogP contribution in [0.5, 0.6) is 0 Å². The summed E-state index contributed by atoms with van der Waals surface area (Å²) in [6.07, 6.45) is 5.03. The third-order valence-electron chi connectivity index (χ3n) is 4.09. The molecule has 6 nitrogen and oxygen atoms in total. The summed E-state index contributed by atoms with van der Waals surface area (Å²) in [6.45, 7) is 6.43. The minimum absolute atomic E-state index is 0.0297. The molecule has 0 spiro atoms. The number of nitrogens with zero attached hydrogens (tertiary/aromatic N) is 3. The normalized spacial score (nSPS) is 18.4. The minimum atomic E-state index is -0.458. The van der Waals surface area contributed by atoms with Gasteiger partial charge in [0.15, 0.2) is 6.23 Å². The van der Waals surface area contributed by atoms with Gasteiger partial charge in [0.25, 0.3) is 0 Å². The molecule has 0 aliphatic carbocycles. The molecule has 0 saturated carbocycles. The van der Waals surface area contributed by atoms with Crippen LogP contribution in [-0.4, -0.2) is 27.5 Å². The Balaban J connectivity index is 1.85. The Morgan fingerprint density at radius 2 is 2.08 bits per heavy atom. The highest BCUT2D eigenvalue weighted by Crippen LogP contribution is 2.29. The van der Waals surface area contributed by atoms with E-state index in [-0.39, 0.29) is 12.1 Å². The van der Waals surface area contributed by atoms with Crippen molar-refractivity contribution in [2.24, 2.45) is 5.41 Å². The molecule has 24 heavy (non-hydrogen) atoms. The Hall–Kier alpha value is -2.21. The lowest BCUT2D eigenvalue weighted by molar-refractivity contribution is -0.123. The van der Waals surface area contributed by atoms with Gasteiger partial charge in [-0.15, -0.1) is 5.10 Å². The van der Waals surface area contributed by atoms with E-state index in [1.165, 1.54) is 0 Å². The molecule has 1 N–H and O–H groups in total. The van der Waals surface area contributed by atoms with Gasteiger partial charge in [-0.3, -0.25) is 4.79 Å². The third kappa shape index (κ3) is 3.64. The zero-order valence-corrected chi connectivity index (χ0v) is 14.5. The first-order valence-corrected chi connectivity index (χ1v) is 8.39. The highest BCUT2D eigenvalue weighted by Gasteiger charge is 2.23. The predicted molar refractivity (Wildman–Crippen MR) is 92.4 cm³/mol. The zero-order valence-electron chi connectivity index (χ0n) is 14.5. The summed E-state index contributed by atoms with van der Waals surface area (Å²) in [5.41, 5.74) is 1.88. The average Bonchev–Trinajstić information content (AvgIpc) is 3.05.